The maximum atomic E-state index is 13.3. The molecule has 0 saturated carbocycles. The summed E-state index contributed by atoms with van der Waals surface area (Å²) in [6.45, 7) is 3.37. The van der Waals surface area contributed by atoms with E-state index in [4.69, 9.17) is 10.00 Å². The number of benzene rings is 2. The van der Waals surface area contributed by atoms with Gasteiger partial charge in [-0.2, -0.15) is 5.26 Å². The first-order valence-corrected chi connectivity index (χ1v) is 6.75. The SMILES string of the molecule is CCN(Cc1ccc(OC)c(C#N)c1)c1cccc(F)c1. The lowest BCUT2D eigenvalue weighted by molar-refractivity contribution is 0.413. The molecule has 21 heavy (non-hydrogen) atoms. The van der Waals surface area contributed by atoms with Crippen LogP contribution in [0.5, 0.6) is 5.75 Å². The fourth-order valence-corrected chi connectivity index (χ4v) is 2.22. The zero-order valence-electron chi connectivity index (χ0n) is 12.1. The van der Waals surface area contributed by atoms with E-state index in [-0.39, 0.29) is 5.82 Å². The van der Waals surface area contributed by atoms with Crippen molar-refractivity contribution < 1.29 is 9.13 Å². The van der Waals surface area contributed by atoms with Gasteiger partial charge in [0, 0.05) is 18.8 Å². The predicted octanol–water partition coefficient (Wildman–Crippen LogP) is 3.73. The Kier molecular flexibility index (Phi) is 4.78. The van der Waals surface area contributed by atoms with E-state index in [2.05, 4.69) is 6.07 Å². The van der Waals surface area contributed by atoms with Gasteiger partial charge in [0.2, 0.25) is 0 Å². The Balaban J connectivity index is 2.25. The largest absolute Gasteiger partial charge is 0.495 e. The van der Waals surface area contributed by atoms with Gasteiger partial charge < -0.3 is 9.64 Å². The van der Waals surface area contributed by atoms with Crippen molar-refractivity contribution in [1.29, 1.82) is 5.26 Å². The van der Waals surface area contributed by atoms with Crippen molar-refractivity contribution in [2.45, 2.75) is 13.5 Å². The lowest BCUT2D eigenvalue weighted by Crippen LogP contribution is -2.22. The molecule has 0 aliphatic carbocycles. The minimum Gasteiger partial charge on any atom is -0.495 e. The molecule has 2 aromatic carbocycles. The van der Waals surface area contributed by atoms with Crippen LogP contribution in [0.15, 0.2) is 42.5 Å². The highest BCUT2D eigenvalue weighted by Gasteiger charge is 2.09. The number of halogens is 1. The van der Waals surface area contributed by atoms with Gasteiger partial charge in [0.25, 0.3) is 0 Å². The zero-order valence-corrected chi connectivity index (χ0v) is 12.1. The summed E-state index contributed by atoms with van der Waals surface area (Å²) in [5.74, 6) is 0.313. The summed E-state index contributed by atoms with van der Waals surface area (Å²) < 4.78 is 18.5. The Morgan fingerprint density at radius 2 is 2.05 bits per heavy atom. The summed E-state index contributed by atoms with van der Waals surface area (Å²) in [7, 11) is 1.54. The molecule has 0 bridgehead atoms. The van der Waals surface area contributed by atoms with Crippen molar-refractivity contribution in [1.82, 2.24) is 0 Å². The summed E-state index contributed by atoms with van der Waals surface area (Å²) in [4.78, 5) is 2.05. The molecular weight excluding hydrogens is 267 g/mol. The Hall–Kier alpha value is -2.54. The van der Waals surface area contributed by atoms with Gasteiger partial charge in [-0.15, -0.1) is 0 Å². The molecule has 108 valence electrons. The van der Waals surface area contributed by atoms with Crippen LogP contribution < -0.4 is 9.64 Å². The second-order valence-electron chi connectivity index (χ2n) is 4.64. The van der Waals surface area contributed by atoms with Crippen molar-refractivity contribution in [3.05, 3.63) is 59.4 Å². The molecule has 3 nitrogen and oxygen atoms in total. The van der Waals surface area contributed by atoms with Crippen LogP contribution in [0.4, 0.5) is 10.1 Å². The Morgan fingerprint density at radius 1 is 1.24 bits per heavy atom. The van der Waals surface area contributed by atoms with E-state index < -0.39 is 0 Å². The quantitative estimate of drug-likeness (QED) is 0.839. The fraction of sp³-hybridized carbons (Fsp3) is 0.235. The summed E-state index contributed by atoms with van der Waals surface area (Å²) in [5.41, 5.74) is 2.32. The number of rotatable bonds is 5. The van der Waals surface area contributed by atoms with Gasteiger partial charge in [-0.3, -0.25) is 0 Å². The highest BCUT2D eigenvalue weighted by molar-refractivity contribution is 5.49. The lowest BCUT2D eigenvalue weighted by Gasteiger charge is -2.23. The summed E-state index contributed by atoms with van der Waals surface area (Å²) in [6, 6.07) is 14.1. The smallest absolute Gasteiger partial charge is 0.136 e. The van der Waals surface area contributed by atoms with E-state index in [0.29, 0.717) is 17.9 Å². The van der Waals surface area contributed by atoms with Gasteiger partial charge in [-0.25, -0.2) is 4.39 Å². The average Bonchev–Trinajstić information content (AvgIpc) is 2.52. The Morgan fingerprint density at radius 3 is 2.67 bits per heavy atom. The number of hydrogen-bond donors (Lipinski definition) is 0. The zero-order chi connectivity index (χ0) is 15.2. The molecule has 0 radical (unpaired) electrons. The fourth-order valence-electron chi connectivity index (χ4n) is 2.22. The minimum atomic E-state index is -0.251. The predicted molar refractivity (Wildman–Crippen MR) is 80.8 cm³/mol. The third-order valence-corrected chi connectivity index (χ3v) is 3.31. The van der Waals surface area contributed by atoms with Crippen LogP contribution in [-0.2, 0) is 6.54 Å². The van der Waals surface area contributed by atoms with Crippen LogP contribution in [0.1, 0.15) is 18.1 Å². The standard InChI is InChI=1S/C17H17FN2O/c1-3-20(16-6-4-5-15(18)10-16)12-13-7-8-17(21-2)14(9-13)11-19/h4-10H,3,12H2,1-2H3. The molecule has 2 rings (SSSR count). The van der Waals surface area contributed by atoms with Crippen molar-refractivity contribution in [2.24, 2.45) is 0 Å². The summed E-state index contributed by atoms with van der Waals surface area (Å²) in [5, 5.41) is 9.13. The molecule has 0 aliphatic rings. The summed E-state index contributed by atoms with van der Waals surface area (Å²) in [6.07, 6.45) is 0. The van der Waals surface area contributed by atoms with Crippen LogP contribution in [-0.4, -0.2) is 13.7 Å². The van der Waals surface area contributed by atoms with E-state index in [0.717, 1.165) is 17.8 Å². The number of hydrogen-bond acceptors (Lipinski definition) is 3. The molecule has 0 fully saturated rings. The first-order valence-electron chi connectivity index (χ1n) is 6.75. The maximum Gasteiger partial charge on any atom is 0.136 e. The number of nitriles is 1. The van der Waals surface area contributed by atoms with Crippen LogP contribution in [0.2, 0.25) is 0 Å². The molecular formula is C17H17FN2O. The molecule has 0 unspecified atom stereocenters. The van der Waals surface area contributed by atoms with Gasteiger partial charge in [0.05, 0.1) is 12.7 Å². The van der Waals surface area contributed by atoms with E-state index >= 15 is 0 Å². The molecule has 0 aliphatic heterocycles. The number of nitrogens with zero attached hydrogens (tertiary/aromatic N) is 2. The van der Waals surface area contributed by atoms with Crippen LogP contribution in [0.3, 0.4) is 0 Å². The molecule has 2 aromatic rings. The molecule has 4 heteroatoms. The molecule has 0 atom stereocenters. The Labute approximate surface area is 124 Å². The number of anilines is 1. The van der Waals surface area contributed by atoms with Crippen molar-refractivity contribution in [3.63, 3.8) is 0 Å². The van der Waals surface area contributed by atoms with Crippen LogP contribution >= 0.6 is 0 Å². The molecule has 0 aromatic heterocycles. The molecule has 0 saturated heterocycles. The summed E-state index contributed by atoms with van der Waals surface area (Å²) >= 11 is 0. The van der Waals surface area contributed by atoms with E-state index in [1.807, 2.05) is 24.0 Å². The van der Waals surface area contributed by atoms with Crippen LogP contribution in [0.25, 0.3) is 0 Å². The van der Waals surface area contributed by atoms with E-state index in [1.54, 1.807) is 25.3 Å². The van der Waals surface area contributed by atoms with Gasteiger partial charge >= 0.3 is 0 Å². The van der Waals surface area contributed by atoms with Gasteiger partial charge in [-0.05, 0) is 42.8 Å². The van der Waals surface area contributed by atoms with Crippen molar-refractivity contribution >= 4 is 5.69 Å². The van der Waals surface area contributed by atoms with Crippen LogP contribution in [0, 0.1) is 17.1 Å². The van der Waals surface area contributed by atoms with E-state index in [9.17, 15) is 4.39 Å². The first kappa shape index (κ1) is 14.9. The number of ether oxygens (including phenoxy) is 1. The second kappa shape index (κ2) is 6.76. The third-order valence-electron chi connectivity index (χ3n) is 3.31. The van der Waals surface area contributed by atoms with Gasteiger partial charge in [0.15, 0.2) is 0 Å². The monoisotopic (exact) mass is 284 g/mol. The van der Waals surface area contributed by atoms with E-state index in [1.165, 1.54) is 12.1 Å². The highest BCUT2D eigenvalue weighted by atomic mass is 19.1. The molecule has 0 heterocycles. The Bertz CT molecular complexity index is 664. The molecule has 0 amide bonds. The van der Waals surface area contributed by atoms with Crippen molar-refractivity contribution in [2.75, 3.05) is 18.6 Å². The van der Waals surface area contributed by atoms with Crippen molar-refractivity contribution in [3.8, 4) is 11.8 Å². The maximum absolute atomic E-state index is 13.3. The normalized spacial score (nSPS) is 10.0. The van der Waals surface area contributed by atoms with Gasteiger partial charge in [-0.1, -0.05) is 12.1 Å². The highest BCUT2D eigenvalue weighted by Crippen LogP contribution is 2.22. The third kappa shape index (κ3) is 3.51. The minimum absolute atomic E-state index is 0.251. The van der Waals surface area contributed by atoms with Gasteiger partial charge in [0.1, 0.15) is 17.6 Å². The number of methoxy groups -OCH3 is 1. The molecule has 0 spiro atoms. The lowest BCUT2D eigenvalue weighted by atomic mass is 10.1. The topological polar surface area (TPSA) is 36.3 Å². The first-order chi connectivity index (χ1) is 10.2. The second-order valence-corrected chi connectivity index (χ2v) is 4.64. The average molecular weight is 284 g/mol. The molecule has 0 N–H and O–H groups in total.